The number of allylic oxidation sites excluding steroid dienone is 4. The molecule has 27 heavy (non-hydrogen) atoms. The largest absolute Gasteiger partial charge is 0.166 e. The van der Waals surface area contributed by atoms with Crippen LogP contribution < -0.4 is 0 Å². The molecule has 0 amide bonds. The van der Waals surface area contributed by atoms with Crippen molar-refractivity contribution in [2.45, 2.75) is 34.6 Å². The highest BCUT2D eigenvalue weighted by Gasteiger charge is 2.92. The van der Waals surface area contributed by atoms with Crippen LogP contribution in [0.2, 0.25) is 0 Å². The third-order valence-electron chi connectivity index (χ3n) is 7.19. The first-order chi connectivity index (χ1) is 12.1. The second kappa shape index (κ2) is 5.53. The van der Waals surface area contributed by atoms with Crippen molar-refractivity contribution in [1.82, 2.24) is 0 Å². The molecule has 12 heteroatoms. The van der Waals surface area contributed by atoms with Crippen LogP contribution in [0.15, 0.2) is 20.1 Å². The van der Waals surface area contributed by atoms with Crippen LogP contribution in [0.4, 0.5) is 0 Å². The molecule has 4 bridgehead atoms. The summed E-state index contributed by atoms with van der Waals surface area (Å²) >= 11 is 80.6. The van der Waals surface area contributed by atoms with Gasteiger partial charge in [0.05, 0.1) is 20.1 Å². The molecule has 150 valence electrons. The lowest BCUT2D eigenvalue weighted by atomic mass is 9.74. The van der Waals surface area contributed by atoms with Gasteiger partial charge in [-0.1, -0.05) is 92.8 Å². The highest BCUT2D eigenvalue weighted by Crippen LogP contribution is 2.88. The van der Waals surface area contributed by atoms with Crippen molar-refractivity contribution in [1.29, 1.82) is 0 Å². The van der Waals surface area contributed by atoms with Crippen LogP contribution in [-0.2, 0) is 0 Å². The van der Waals surface area contributed by atoms with Crippen molar-refractivity contribution in [2.75, 3.05) is 0 Å². The normalized spacial score (nSPS) is 59.1. The Balaban J connectivity index is 1.80. The van der Waals surface area contributed by atoms with E-state index in [-0.39, 0.29) is 32.0 Å². The van der Waals surface area contributed by atoms with E-state index in [1.165, 1.54) is 0 Å². The summed E-state index contributed by atoms with van der Waals surface area (Å²) in [6.07, 6.45) is 0.397. The number of alkyl halides is 8. The van der Waals surface area contributed by atoms with E-state index < -0.39 is 40.0 Å². The summed E-state index contributed by atoms with van der Waals surface area (Å²) < 4.78 is -3.37. The lowest BCUT2D eigenvalue weighted by Crippen LogP contribution is -2.51. The highest BCUT2D eigenvalue weighted by atomic mass is 35.5. The zero-order valence-corrected chi connectivity index (χ0v) is 21.6. The molecule has 0 aromatic heterocycles. The number of hydrogen-bond acceptors (Lipinski definition) is 0. The Bertz CT molecular complexity index is 806. The molecule has 0 heterocycles. The van der Waals surface area contributed by atoms with Crippen molar-refractivity contribution in [2.24, 2.45) is 23.7 Å². The van der Waals surface area contributed by atoms with E-state index in [0.29, 0.717) is 6.42 Å². The van der Waals surface area contributed by atoms with Gasteiger partial charge in [-0.05, 0) is 30.1 Å². The summed E-state index contributed by atoms with van der Waals surface area (Å²) in [6.45, 7) is 0. The smallest absolute Gasteiger partial charge is 0.109 e. The van der Waals surface area contributed by atoms with Crippen LogP contribution in [-0.4, -0.2) is 28.2 Å². The Morgan fingerprint density at radius 1 is 0.481 bits per heavy atom. The van der Waals surface area contributed by atoms with Crippen LogP contribution in [0.5, 0.6) is 0 Å². The van der Waals surface area contributed by atoms with Crippen molar-refractivity contribution < 1.29 is 0 Å². The Morgan fingerprint density at radius 2 is 0.741 bits per heavy atom. The standard InChI is InChI=1S/C15H6Cl12/c16-6-8(18)12(22)4-2(10(6,20)14(12,24)25)1-3-5(4)13(23)9(19)7(17)11(3,21)15(13,26)27/h2-5H,1H2/t2-,3+,4-,5-,10-,11-,12-,13-/m0/s1. The van der Waals surface area contributed by atoms with Gasteiger partial charge in [-0.3, -0.25) is 0 Å². The molecule has 0 aromatic rings. The minimum Gasteiger partial charge on any atom is -0.109 e. The summed E-state index contributed by atoms with van der Waals surface area (Å²) in [7, 11) is 0. The molecule has 0 unspecified atom stereocenters. The van der Waals surface area contributed by atoms with Gasteiger partial charge in [0.1, 0.15) is 19.5 Å². The molecule has 0 saturated heterocycles. The molecule has 0 N–H and O–H groups in total. The Kier molecular flexibility index (Phi) is 4.47. The topological polar surface area (TPSA) is 0 Å². The Morgan fingerprint density at radius 3 is 1.04 bits per heavy atom. The quantitative estimate of drug-likeness (QED) is 0.241. The molecule has 0 nitrogen and oxygen atoms in total. The average Bonchev–Trinajstić information content (AvgIpc) is 3.16. The lowest BCUT2D eigenvalue weighted by molar-refractivity contribution is 0.258. The van der Waals surface area contributed by atoms with Crippen LogP contribution in [0.25, 0.3) is 0 Å². The highest BCUT2D eigenvalue weighted by molar-refractivity contribution is 6.67. The van der Waals surface area contributed by atoms with E-state index >= 15 is 0 Å². The maximum absolute atomic E-state index is 7.01. The second-order valence-electron chi connectivity index (χ2n) is 7.75. The number of rotatable bonds is 0. The maximum atomic E-state index is 7.01. The van der Waals surface area contributed by atoms with Crippen LogP contribution in [0.1, 0.15) is 6.42 Å². The van der Waals surface area contributed by atoms with Crippen LogP contribution >= 0.6 is 139 Å². The van der Waals surface area contributed by atoms with Gasteiger partial charge in [-0.25, -0.2) is 0 Å². The fraction of sp³-hybridized carbons (Fsp3) is 0.733. The van der Waals surface area contributed by atoms with Gasteiger partial charge >= 0.3 is 0 Å². The first kappa shape index (κ1) is 21.8. The zero-order valence-electron chi connectivity index (χ0n) is 12.6. The molecule has 3 fully saturated rings. The number of hydrogen-bond donors (Lipinski definition) is 0. The third-order valence-corrected chi connectivity index (χ3v) is 15.8. The second-order valence-corrected chi connectivity index (χ2v) is 14.3. The molecule has 5 aliphatic carbocycles. The van der Waals surface area contributed by atoms with Crippen LogP contribution in [0.3, 0.4) is 0 Å². The van der Waals surface area contributed by atoms with Crippen molar-refractivity contribution in [3.8, 4) is 0 Å². The summed E-state index contributed by atoms with van der Waals surface area (Å²) in [5.41, 5.74) is 0. The minimum atomic E-state index is -1.69. The van der Waals surface area contributed by atoms with Gasteiger partial charge in [0.25, 0.3) is 0 Å². The van der Waals surface area contributed by atoms with Gasteiger partial charge in [-0.2, -0.15) is 0 Å². The summed E-state index contributed by atoms with van der Waals surface area (Å²) in [6, 6.07) is 0. The summed E-state index contributed by atoms with van der Waals surface area (Å²) in [5.74, 6) is -1.82. The third kappa shape index (κ3) is 1.71. The monoisotopic (exact) mass is 606 g/mol. The van der Waals surface area contributed by atoms with Gasteiger partial charge < -0.3 is 0 Å². The van der Waals surface area contributed by atoms with E-state index in [2.05, 4.69) is 0 Å². The van der Waals surface area contributed by atoms with Crippen LogP contribution in [0, 0.1) is 23.7 Å². The average molecular weight is 612 g/mol. The molecule has 3 saturated carbocycles. The van der Waals surface area contributed by atoms with Gasteiger partial charge in [0, 0.05) is 0 Å². The SMILES string of the molecule is ClC1=C(Cl)[C@@]2(Cl)[C@@H]3C[C@H]4[C@@H]([C@H]3[C@@]1(Cl)C2(Cl)Cl)[C@]1(Cl)C(Cl)=C(Cl)[C@]4(Cl)C1(Cl)Cl. The first-order valence-electron chi connectivity index (χ1n) is 7.74. The van der Waals surface area contributed by atoms with Gasteiger partial charge in [-0.15, -0.1) is 46.4 Å². The molecule has 0 spiro atoms. The van der Waals surface area contributed by atoms with E-state index in [4.69, 9.17) is 139 Å². The van der Waals surface area contributed by atoms with E-state index in [9.17, 15) is 0 Å². The van der Waals surface area contributed by atoms with Crippen molar-refractivity contribution in [3.63, 3.8) is 0 Å². The fourth-order valence-electron chi connectivity index (χ4n) is 6.16. The molecule has 5 aliphatic rings. The zero-order chi connectivity index (χ0) is 20.3. The molecule has 0 aliphatic heterocycles. The molecule has 5 rings (SSSR count). The van der Waals surface area contributed by atoms with Gasteiger partial charge in [0.2, 0.25) is 0 Å². The van der Waals surface area contributed by atoms with Crippen molar-refractivity contribution >= 4 is 139 Å². The minimum absolute atomic E-state index is 0.0836. The van der Waals surface area contributed by atoms with E-state index in [1.807, 2.05) is 0 Å². The summed E-state index contributed by atoms with van der Waals surface area (Å²) in [4.78, 5) is -5.83. The first-order valence-corrected chi connectivity index (χ1v) is 12.3. The van der Waals surface area contributed by atoms with E-state index in [0.717, 1.165) is 0 Å². The predicted octanol–water partition coefficient (Wildman–Crippen LogP) is 8.55. The number of fused-ring (bicyclic) bond motifs is 11. The predicted molar refractivity (Wildman–Crippen MR) is 119 cm³/mol. The van der Waals surface area contributed by atoms with E-state index in [1.54, 1.807) is 0 Å². The molecule has 0 radical (unpaired) electrons. The molecule has 0 aromatic carbocycles. The Hall–Kier alpha value is 2.96. The summed E-state index contributed by atoms with van der Waals surface area (Å²) in [5, 5.41) is 0.417. The molecular formula is C15H6Cl12. The molecule has 8 atom stereocenters. The Labute approximate surface area is 215 Å². The fourth-order valence-corrected chi connectivity index (χ4v) is 12.4. The van der Waals surface area contributed by atoms with Gasteiger partial charge in [0.15, 0.2) is 8.67 Å². The lowest BCUT2D eigenvalue weighted by Gasteiger charge is -2.43. The van der Waals surface area contributed by atoms with Crippen molar-refractivity contribution in [3.05, 3.63) is 20.1 Å². The molecular weight excluding hydrogens is 606 g/mol. The maximum Gasteiger partial charge on any atom is 0.166 e. The number of halogens is 12.